The normalized spacial score (nSPS) is 16.6. The molecule has 0 radical (unpaired) electrons. The molecule has 0 saturated carbocycles. The number of para-hydroxylation sites is 1. The van der Waals surface area contributed by atoms with Crippen LogP contribution in [0, 0.1) is 0 Å². The van der Waals surface area contributed by atoms with Crippen LogP contribution in [-0.2, 0) is 9.84 Å². The lowest BCUT2D eigenvalue weighted by Crippen LogP contribution is -2.48. The first-order valence-corrected chi connectivity index (χ1v) is 17.3. The van der Waals surface area contributed by atoms with Crippen molar-refractivity contribution in [1.82, 2.24) is 19.8 Å². The molecule has 0 atom stereocenters. The molecule has 10 nitrogen and oxygen atoms in total. The summed E-state index contributed by atoms with van der Waals surface area (Å²) in [5, 5.41) is 5.86. The summed E-state index contributed by atoms with van der Waals surface area (Å²) in [6, 6.07) is 12.5. The molecule has 2 aliphatic heterocycles. The molecule has 2 saturated heterocycles. The number of nitrogens with one attached hydrogen (secondary N) is 2. The second-order valence-corrected chi connectivity index (χ2v) is 14.4. The molecule has 1 aromatic heterocycles. The van der Waals surface area contributed by atoms with E-state index in [0.717, 1.165) is 25.9 Å². The van der Waals surface area contributed by atoms with Crippen LogP contribution in [0.1, 0.15) is 63.2 Å². The van der Waals surface area contributed by atoms with Crippen LogP contribution in [0.5, 0.6) is 5.75 Å². The van der Waals surface area contributed by atoms with Gasteiger partial charge in [0.25, 0.3) is 5.91 Å². The van der Waals surface area contributed by atoms with Gasteiger partial charge in [-0.25, -0.2) is 13.4 Å². The number of hydrogen-bond donors (Lipinski definition) is 2. The van der Waals surface area contributed by atoms with Gasteiger partial charge in [-0.15, -0.1) is 0 Å². The molecular formula is C32H41ClN6O4S. The second-order valence-electron chi connectivity index (χ2n) is 11.5. The van der Waals surface area contributed by atoms with Crippen LogP contribution in [0.2, 0.25) is 5.02 Å². The number of aromatic nitrogens is 2. The Bertz CT molecular complexity index is 1570. The van der Waals surface area contributed by atoms with E-state index >= 15 is 0 Å². The molecular weight excluding hydrogens is 600 g/mol. The Hall–Kier alpha value is -3.41. The van der Waals surface area contributed by atoms with Crippen molar-refractivity contribution in [2.75, 3.05) is 43.4 Å². The van der Waals surface area contributed by atoms with E-state index in [0.29, 0.717) is 35.3 Å². The van der Waals surface area contributed by atoms with E-state index in [4.69, 9.17) is 16.3 Å². The summed E-state index contributed by atoms with van der Waals surface area (Å²) in [6.45, 7) is 9.41. The van der Waals surface area contributed by atoms with Gasteiger partial charge >= 0.3 is 0 Å². The quantitative estimate of drug-likeness (QED) is 0.264. The number of nitrogens with zero attached hydrogens (tertiary/aromatic N) is 4. The third kappa shape index (κ3) is 7.27. The first-order chi connectivity index (χ1) is 21.2. The van der Waals surface area contributed by atoms with Crippen molar-refractivity contribution in [3.05, 3.63) is 59.2 Å². The minimum atomic E-state index is -3.55. The molecule has 0 bridgehead atoms. The monoisotopic (exact) mass is 640 g/mol. The number of benzene rings is 2. The van der Waals surface area contributed by atoms with Crippen molar-refractivity contribution >= 4 is 50.5 Å². The molecule has 2 aromatic carbocycles. The van der Waals surface area contributed by atoms with Crippen LogP contribution in [0.3, 0.4) is 0 Å². The third-order valence-electron chi connectivity index (χ3n) is 8.24. The van der Waals surface area contributed by atoms with Gasteiger partial charge in [-0.3, -0.25) is 4.79 Å². The van der Waals surface area contributed by atoms with Crippen molar-refractivity contribution in [3.63, 3.8) is 0 Å². The van der Waals surface area contributed by atoms with Crippen molar-refractivity contribution < 1.29 is 17.9 Å². The van der Waals surface area contributed by atoms with Crippen LogP contribution in [-0.4, -0.2) is 78.2 Å². The van der Waals surface area contributed by atoms with Gasteiger partial charge in [0.1, 0.15) is 10.8 Å². The molecule has 1 amide bonds. The minimum absolute atomic E-state index is 0.00107. The maximum atomic E-state index is 13.5. The zero-order valence-electron chi connectivity index (χ0n) is 25.6. The summed E-state index contributed by atoms with van der Waals surface area (Å²) in [6.07, 6.45) is 7.31. The smallest absolute Gasteiger partial charge is 0.253 e. The number of piperidine rings is 2. The van der Waals surface area contributed by atoms with Gasteiger partial charge in [-0.1, -0.05) is 30.2 Å². The van der Waals surface area contributed by atoms with Crippen molar-refractivity contribution in [2.45, 2.75) is 69.1 Å². The summed E-state index contributed by atoms with van der Waals surface area (Å²) < 4.78 is 31.8. The van der Waals surface area contributed by atoms with Gasteiger partial charge in [-0.05, 0) is 89.9 Å². The molecule has 0 spiro atoms. The van der Waals surface area contributed by atoms with Gasteiger partial charge in [0, 0.05) is 24.7 Å². The van der Waals surface area contributed by atoms with Gasteiger partial charge in [0.05, 0.1) is 34.3 Å². The van der Waals surface area contributed by atoms with E-state index < -0.39 is 15.1 Å². The summed E-state index contributed by atoms with van der Waals surface area (Å²) in [5.41, 5.74) is 1.52. The number of anilines is 4. The van der Waals surface area contributed by atoms with E-state index in [1.165, 1.54) is 38.5 Å². The van der Waals surface area contributed by atoms with E-state index in [1.54, 1.807) is 56.3 Å². The molecule has 3 heterocycles. The molecule has 0 unspecified atom stereocenters. The predicted molar refractivity (Wildman–Crippen MR) is 174 cm³/mol. The summed E-state index contributed by atoms with van der Waals surface area (Å²) >= 11 is 6.41. The lowest BCUT2D eigenvalue weighted by atomic mass is 9.99. The molecule has 2 fully saturated rings. The number of ether oxygens (including phenoxy) is 1. The van der Waals surface area contributed by atoms with Gasteiger partial charge in [0.15, 0.2) is 15.7 Å². The molecule has 2 N–H and O–H groups in total. The largest absolute Gasteiger partial charge is 0.492 e. The first kappa shape index (κ1) is 32.0. The number of hydrogen-bond acceptors (Lipinski definition) is 9. The zero-order valence-corrected chi connectivity index (χ0v) is 27.1. The fourth-order valence-corrected chi connectivity index (χ4v) is 7.11. The number of carbonyl (C=O) groups is 1. The van der Waals surface area contributed by atoms with Gasteiger partial charge in [-0.2, -0.15) is 4.98 Å². The Kier molecular flexibility index (Phi) is 10.3. The summed E-state index contributed by atoms with van der Waals surface area (Å²) in [4.78, 5) is 27.0. The molecule has 2 aliphatic rings. The average molecular weight is 641 g/mol. The Labute approximate surface area is 265 Å². The highest BCUT2D eigenvalue weighted by Gasteiger charge is 2.28. The van der Waals surface area contributed by atoms with Crippen LogP contribution in [0.4, 0.5) is 23.1 Å². The van der Waals surface area contributed by atoms with Crippen molar-refractivity contribution in [2.24, 2.45) is 0 Å². The fraction of sp³-hybridized carbons (Fsp3) is 0.469. The Morgan fingerprint density at radius 2 is 1.75 bits per heavy atom. The first-order valence-electron chi connectivity index (χ1n) is 15.4. The topological polar surface area (TPSA) is 117 Å². The summed E-state index contributed by atoms with van der Waals surface area (Å²) in [5.74, 6) is 0.969. The Morgan fingerprint density at radius 1 is 1.02 bits per heavy atom. The van der Waals surface area contributed by atoms with Crippen LogP contribution in [0.15, 0.2) is 53.6 Å². The highest BCUT2D eigenvalue weighted by Crippen LogP contribution is 2.33. The fourth-order valence-electron chi connectivity index (χ4n) is 5.77. The molecule has 236 valence electrons. The summed E-state index contributed by atoms with van der Waals surface area (Å²) in [7, 11) is -3.55. The standard InChI is InChI=1S/C32H41ClN6O4S/c1-4-43-28-20-23(31(40)39-18-14-24(15-19-39)38-16-8-5-9-17-38)12-13-26(28)36-32-34-21-25(33)30(37-32)35-27-10-6-7-11-29(27)44(41,42)22(2)3/h6-7,10-13,20-22,24H,4-5,8-9,14-19H2,1-3H3,(H2,34,35,36,37). The van der Waals surface area contributed by atoms with E-state index in [2.05, 4.69) is 25.5 Å². The number of halogens is 1. The van der Waals surface area contributed by atoms with E-state index in [1.807, 2.05) is 11.8 Å². The lowest BCUT2D eigenvalue weighted by molar-refractivity contribution is 0.0589. The van der Waals surface area contributed by atoms with E-state index in [-0.39, 0.29) is 27.6 Å². The predicted octanol–water partition coefficient (Wildman–Crippen LogP) is 6.29. The number of carbonyl (C=O) groups excluding carboxylic acids is 1. The molecule has 3 aromatic rings. The maximum Gasteiger partial charge on any atom is 0.253 e. The van der Waals surface area contributed by atoms with Crippen molar-refractivity contribution in [3.8, 4) is 5.75 Å². The SMILES string of the molecule is CCOc1cc(C(=O)N2CCC(N3CCCCC3)CC2)ccc1Nc1ncc(Cl)c(Nc2ccccc2S(=O)(=O)C(C)C)n1. The number of likely N-dealkylation sites (tertiary alicyclic amines) is 2. The van der Waals surface area contributed by atoms with Gasteiger partial charge < -0.3 is 25.2 Å². The van der Waals surface area contributed by atoms with Crippen LogP contribution < -0.4 is 15.4 Å². The van der Waals surface area contributed by atoms with Crippen LogP contribution >= 0.6 is 11.6 Å². The van der Waals surface area contributed by atoms with Crippen LogP contribution in [0.25, 0.3) is 0 Å². The molecule has 5 rings (SSSR count). The maximum absolute atomic E-state index is 13.5. The van der Waals surface area contributed by atoms with E-state index in [9.17, 15) is 13.2 Å². The number of amides is 1. The minimum Gasteiger partial charge on any atom is -0.492 e. The molecule has 0 aliphatic carbocycles. The zero-order chi connectivity index (χ0) is 31.3. The number of rotatable bonds is 10. The Balaban J connectivity index is 1.31. The van der Waals surface area contributed by atoms with Crippen molar-refractivity contribution in [1.29, 1.82) is 0 Å². The molecule has 12 heteroatoms. The second kappa shape index (κ2) is 14.1. The van der Waals surface area contributed by atoms with Gasteiger partial charge in [0.2, 0.25) is 5.95 Å². The Morgan fingerprint density at radius 3 is 2.45 bits per heavy atom. The lowest BCUT2D eigenvalue weighted by Gasteiger charge is -2.40. The molecule has 44 heavy (non-hydrogen) atoms. The highest BCUT2D eigenvalue weighted by molar-refractivity contribution is 7.92. The average Bonchev–Trinajstić information content (AvgIpc) is 3.04. The number of sulfone groups is 1. The third-order valence-corrected chi connectivity index (χ3v) is 10.7. The highest BCUT2D eigenvalue weighted by atomic mass is 35.5.